The Kier molecular flexibility index (Phi) is 6.27. The Balaban J connectivity index is 1.83. The second-order valence-electron chi connectivity index (χ2n) is 5.54. The van der Waals surface area contributed by atoms with Crippen LogP contribution in [0.4, 0.5) is 9.18 Å². The summed E-state index contributed by atoms with van der Waals surface area (Å²) >= 11 is 1.47. The third-order valence-electron chi connectivity index (χ3n) is 3.31. The highest BCUT2D eigenvalue weighted by Gasteiger charge is 2.24. The monoisotopic (exact) mass is 340 g/mol. The lowest BCUT2D eigenvalue weighted by Gasteiger charge is -2.26. The maximum absolute atomic E-state index is 13.8. The zero-order chi connectivity index (χ0) is 16.8. The molecule has 0 spiro atoms. The number of halogens is 1. The summed E-state index contributed by atoms with van der Waals surface area (Å²) in [7, 11) is 0. The Bertz CT molecular complexity index is 580. The summed E-state index contributed by atoms with van der Waals surface area (Å²) in [6.07, 6.45) is 0.698. The molecule has 1 heterocycles. The summed E-state index contributed by atoms with van der Waals surface area (Å²) in [5, 5.41) is 5.46. The number of urea groups is 1. The Morgan fingerprint density at radius 1 is 1.43 bits per heavy atom. The second kappa shape index (κ2) is 8.19. The lowest BCUT2D eigenvalue weighted by atomic mass is 10.0. The first-order valence-corrected chi connectivity index (χ1v) is 8.61. The van der Waals surface area contributed by atoms with Crippen molar-refractivity contribution in [2.75, 3.05) is 12.3 Å². The van der Waals surface area contributed by atoms with Gasteiger partial charge in [0.2, 0.25) is 0 Å². The molecule has 7 heteroatoms. The van der Waals surface area contributed by atoms with E-state index in [1.165, 1.54) is 17.8 Å². The van der Waals surface area contributed by atoms with Crippen LogP contribution in [0.3, 0.4) is 0 Å². The highest BCUT2D eigenvalue weighted by atomic mass is 32.2. The van der Waals surface area contributed by atoms with Crippen molar-refractivity contribution in [2.24, 2.45) is 0 Å². The minimum Gasteiger partial charge on any atom is -0.463 e. The zero-order valence-electron chi connectivity index (χ0n) is 13.2. The van der Waals surface area contributed by atoms with E-state index in [0.717, 1.165) is 17.7 Å². The number of rotatable bonds is 5. The molecule has 0 saturated heterocycles. The first-order chi connectivity index (χ1) is 11.0. The Labute approximate surface area is 139 Å². The predicted molar refractivity (Wildman–Crippen MR) is 86.9 cm³/mol. The number of esters is 1. The van der Waals surface area contributed by atoms with Crippen LogP contribution >= 0.6 is 11.8 Å². The molecule has 1 aliphatic heterocycles. The van der Waals surface area contributed by atoms with Crippen LogP contribution in [0.25, 0.3) is 0 Å². The fourth-order valence-corrected chi connectivity index (χ4v) is 3.49. The molecule has 1 atom stereocenters. The lowest BCUT2D eigenvalue weighted by molar-refractivity contribution is -0.147. The maximum atomic E-state index is 13.8. The van der Waals surface area contributed by atoms with Crippen LogP contribution in [0, 0.1) is 5.82 Å². The van der Waals surface area contributed by atoms with Crippen LogP contribution in [0.1, 0.15) is 38.3 Å². The van der Waals surface area contributed by atoms with Gasteiger partial charge in [-0.25, -0.2) is 9.18 Å². The number of amides is 2. The first kappa shape index (κ1) is 17.6. The van der Waals surface area contributed by atoms with Gasteiger partial charge in [0.1, 0.15) is 5.82 Å². The van der Waals surface area contributed by atoms with Crippen molar-refractivity contribution in [3.05, 3.63) is 29.6 Å². The minimum atomic E-state index is -0.366. The molecule has 2 amide bonds. The molecule has 1 aromatic rings. The van der Waals surface area contributed by atoms with Gasteiger partial charge in [0, 0.05) is 17.2 Å². The topological polar surface area (TPSA) is 67.4 Å². The number of fused-ring (bicyclic) bond motifs is 1. The van der Waals surface area contributed by atoms with Gasteiger partial charge in [-0.15, -0.1) is 11.8 Å². The molecule has 1 aliphatic rings. The summed E-state index contributed by atoms with van der Waals surface area (Å²) in [5.41, 5.74) is 0.801. The summed E-state index contributed by atoms with van der Waals surface area (Å²) in [4.78, 5) is 23.9. The third kappa shape index (κ3) is 5.13. The highest BCUT2D eigenvalue weighted by Crippen LogP contribution is 2.37. The molecular weight excluding hydrogens is 319 g/mol. The van der Waals surface area contributed by atoms with Crippen molar-refractivity contribution in [1.82, 2.24) is 10.6 Å². The molecule has 23 heavy (non-hydrogen) atoms. The van der Waals surface area contributed by atoms with E-state index in [0.29, 0.717) is 4.90 Å². The zero-order valence-corrected chi connectivity index (χ0v) is 14.0. The van der Waals surface area contributed by atoms with Crippen molar-refractivity contribution in [3.8, 4) is 0 Å². The molecule has 0 aliphatic carbocycles. The molecule has 5 nitrogen and oxygen atoms in total. The van der Waals surface area contributed by atoms with Crippen LogP contribution in [-0.4, -0.2) is 30.4 Å². The van der Waals surface area contributed by atoms with E-state index in [1.54, 1.807) is 19.9 Å². The summed E-state index contributed by atoms with van der Waals surface area (Å²) in [6, 6.07) is 4.32. The number of hydrogen-bond donors (Lipinski definition) is 2. The number of ether oxygens (including phenoxy) is 1. The van der Waals surface area contributed by atoms with Gasteiger partial charge < -0.3 is 15.4 Å². The Morgan fingerprint density at radius 2 is 2.22 bits per heavy atom. The molecule has 126 valence electrons. The lowest BCUT2D eigenvalue weighted by Crippen LogP contribution is -2.40. The average Bonchev–Trinajstić information content (AvgIpc) is 2.47. The summed E-state index contributed by atoms with van der Waals surface area (Å²) < 4.78 is 18.8. The second-order valence-corrected chi connectivity index (χ2v) is 6.64. The van der Waals surface area contributed by atoms with E-state index in [-0.39, 0.29) is 42.9 Å². The molecule has 0 fully saturated rings. The van der Waals surface area contributed by atoms with E-state index in [4.69, 9.17) is 4.74 Å². The fraction of sp³-hybridized carbons (Fsp3) is 0.500. The number of nitrogens with one attached hydrogen (secondary N) is 2. The predicted octanol–water partition coefficient (Wildman–Crippen LogP) is 3.00. The van der Waals surface area contributed by atoms with Gasteiger partial charge in [0.15, 0.2) is 0 Å². The van der Waals surface area contributed by atoms with Gasteiger partial charge >= 0.3 is 12.0 Å². The fourth-order valence-electron chi connectivity index (χ4n) is 2.35. The third-order valence-corrected chi connectivity index (χ3v) is 4.47. The molecule has 2 rings (SSSR count). The van der Waals surface area contributed by atoms with Crippen molar-refractivity contribution in [3.63, 3.8) is 0 Å². The minimum absolute atomic E-state index is 0.122. The van der Waals surface area contributed by atoms with Crippen molar-refractivity contribution < 1.29 is 18.7 Å². The van der Waals surface area contributed by atoms with E-state index < -0.39 is 0 Å². The molecule has 0 saturated carbocycles. The molecule has 0 aromatic heterocycles. The largest absolute Gasteiger partial charge is 0.463 e. The van der Waals surface area contributed by atoms with E-state index in [2.05, 4.69) is 10.6 Å². The van der Waals surface area contributed by atoms with Crippen LogP contribution < -0.4 is 10.6 Å². The van der Waals surface area contributed by atoms with E-state index in [9.17, 15) is 14.0 Å². The van der Waals surface area contributed by atoms with Crippen LogP contribution in [-0.2, 0) is 9.53 Å². The molecule has 0 bridgehead atoms. The smallest absolute Gasteiger partial charge is 0.315 e. The van der Waals surface area contributed by atoms with Crippen LogP contribution in [0.5, 0.6) is 0 Å². The summed E-state index contributed by atoms with van der Waals surface area (Å²) in [5.74, 6) is 0.150. The standard InChI is InChI=1S/C16H21FN2O3S/c1-10(2)22-14(20)6-8-18-16(21)19-13-7-9-23-15-11(13)4-3-5-12(15)17/h3-5,10,13H,6-9H2,1-2H3,(H2,18,19,21). The number of hydrogen-bond acceptors (Lipinski definition) is 4. The van der Waals surface area contributed by atoms with Gasteiger partial charge in [0.05, 0.1) is 18.6 Å². The Hall–Kier alpha value is -1.76. The van der Waals surface area contributed by atoms with Gasteiger partial charge in [-0.05, 0) is 31.9 Å². The Morgan fingerprint density at radius 3 is 2.96 bits per heavy atom. The normalized spacial score (nSPS) is 16.6. The van der Waals surface area contributed by atoms with Gasteiger partial charge in [0.25, 0.3) is 0 Å². The molecule has 1 unspecified atom stereocenters. The SMILES string of the molecule is CC(C)OC(=O)CCNC(=O)NC1CCSc2c(F)cccc21. The molecule has 2 N–H and O–H groups in total. The van der Waals surface area contributed by atoms with E-state index in [1.807, 2.05) is 6.07 Å². The molecule has 1 aromatic carbocycles. The number of thioether (sulfide) groups is 1. The molecular formula is C16H21FN2O3S. The summed E-state index contributed by atoms with van der Waals surface area (Å²) in [6.45, 7) is 3.75. The van der Waals surface area contributed by atoms with Crippen LogP contribution in [0.15, 0.2) is 23.1 Å². The first-order valence-electron chi connectivity index (χ1n) is 7.62. The highest BCUT2D eigenvalue weighted by molar-refractivity contribution is 7.99. The van der Waals surface area contributed by atoms with Gasteiger partial charge in [-0.3, -0.25) is 4.79 Å². The maximum Gasteiger partial charge on any atom is 0.315 e. The quantitative estimate of drug-likeness (QED) is 0.809. The number of carbonyl (C=O) groups is 2. The van der Waals surface area contributed by atoms with E-state index >= 15 is 0 Å². The number of benzene rings is 1. The van der Waals surface area contributed by atoms with Crippen molar-refractivity contribution in [2.45, 2.75) is 43.7 Å². The number of carbonyl (C=O) groups excluding carboxylic acids is 2. The molecule has 0 radical (unpaired) electrons. The average molecular weight is 340 g/mol. The van der Waals surface area contributed by atoms with Gasteiger partial charge in [-0.1, -0.05) is 12.1 Å². The van der Waals surface area contributed by atoms with Crippen molar-refractivity contribution >= 4 is 23.8 Å². The van der Waals surface area contributed by atoms with Crippen LogP contribution in [0.2, 0.25) is 0 Å². The van der Waals surface area contributed by atoms with Crippen molar-refractivity contribution in [1.29, 1.82) is 0 Å². The van der Waals surface area contributed by atoms with Gasteiger partial charge in [-0.2, -0.15) is 0 Å².